The van der Waals surface area contributed by atoms with E-state index in [1.54, 1.807) is 4.90 Å². The monoisotopic (exact) mass is 294 g/mol. The van der Waals surface area contributed by atoms with E-state index in [9.17, 15) is 14.0 Å². The van der Waals surface area contributed by atoms with Crippen LogP contribution in [0.3, 0.4) is 0 Å². The lowest BCUT2D eigenvalue weighted by atomic mass is 10.0. The maximum atomic E-state index is 13.6. The van der Waals surface area contributed by atoms with Gasteiger partial charge in [-0.05, 0) is 37.3 Å². The van der Waals surface area contributed by atoms with Crippen LogP contribution < -0.4 is 5.32 Å². The third kappa shape index (κ3) is 3.71. The van der Waals surface area contributed by atoms with Gasteiger partial charge in [-0.25, -0.2) is 14.0 Å². The summed E-state index contributed by atoms with van der Waals surface area (Å²) in [5, 5.41) is 11.6. The summed E-state index contributed by atoms with van der Waals surface area (Å²) >= 11 is 0. The second-order valence-corrected chi connectivity index (χ2v) is 5.42. The molecule has 114 valence electrons. The van der Waals surface area contributed by atoms with Crippen LogP contribution in [-0.4, -0.2) is 35.1 Å². The third-order valence-corrected chi connectivity index (χ3v) is 3.77. The minimum absolute atomic E-state index is 0.00945. The van der Waals surface area contributed by atoms with E-state index >= 15 is 0 Å². The van der Waals surface area contributed by atoms with Crippen LogP contribution >= 0.6 is 0 Å². The zero-order chi connectivity index (χ0) is 15.4. The number of likely N-dealkylation sites (tertiary alicyclic amines) is 1. The van der Waals surface area contributed by atoms with Crippen molar-refractivity contribution in [3.63, 3.8) is 0 Å². The SMILES string of the molecule is CC1CCCN(C(=O)Nc2cccc(F)c2C(=O)O)CC1. The van der Waals surface area contributed by atoms with E-state index in [-0.39, 0.29) is 11.7 Å². The summed E-state index contributed by atoms with van der Waals surface area (Å²) in [5.41, 5.74) is -0.515. The molecule has 5 nitrogen and oxygen atoms in total. The highest BCUT2D eigenvalue weighted by Gasteiger charge is 2.21. The number of rotatable bonds is 2. The van der Waals surface area contributed by atoms with Crippen molar-refractivity contribution in [2.75, 3.05) is 18.4 Å². The lowest BCUT2D eigenvalue weighted by Crippen LogP contribution is -2.36. The summed E-state index contributed by atoms with van der Waals surface area (Å²) in [6.45, 7) is 3.41. The number of carbonyl (C=O) groups excluding carboxylic acids is 1. The van der Waals surface area contributed by atoms with Crippen LogP contribution in [0.1, 0.15) is 36.5 Å². The highest BCUT2D eigenvalue weighted by molar-refractivity contribution is 6.00. The highest BCUT2D eigenvalue weighted by atomic mass is 19.1. The lowest BCUT2D eigenvalue weighted by Gasteiger charge is -2.21. The summed E-state index contributed by atoms with van der Waals surface area (Å²) in [6.07, 6.45) is 2.91. The Morgan fingerprint density at radius 3 is 2.81 bits per heavy atom. The van der Waals surface area contributed by atoms with E-state index in [1.165, 1.54) is 12.1 Å². The smallest absolute Gasteiger partial charge is 0.340 e. The van der Waals surface area contributed by atoms with Gasteiger partial charge in [0, 0.05) is 13.1 Å². The fraction of sp³-hybridized carbons (Fsp3) is 0.467. The Morgan fingerprint density at radius 2 is 2.10 bits per heavy atom. The number of carboxylic acids is 1. The highest BCUT2D eigenvalue weighted by Crippen LogP contribution is 2.21. The molecule has 1 heterocycles. The van der Waals surface area contributed by atoms with Crippen LogP contribution in [-0.2, 0) is 0 Å². The zero-order valence-corrected chi connectivity index (χ0v) is 11.9. The fourth-order valence-corrected chi connectivity index (χ4v) is 2.51. The molecule has 6 heteroatoms. The van der Waals surface area contributed by atoms with Crippen molar-refractivity contribution in [2.24, 2.45) is 5.92 Å². The second kappa shape index (κ2) is 6.56. The van der Waals surface area contributed by atoms with Gasteiger partial charge >= 0.3 is 12.0 Å². The van der Waals surface area contributed by atoms with Crippen molar-refractivity contribution < 1.29 is 19.1 Å². The number of carbonyl (C=O) groups is 2. The van der Waals surface area contributed by atoms with Gasteiger partial charge in [-0.3, -0.25) is 0 Å². The average Bonchev–Trinajstić information content (AvgIpc) is 2.63. The first-order chi connectivity index (χ1) is 9.99. The van der Waals surface area contributed by atoms with Gasteiger partial charge in [-0.15, -0.1) is 0 Å². The van der Waals surface area contributed by atoms with E-state index in [1.807, 2.05) is 0 Å². The van der Waals surface area contributed by atoms with E-state index in [4.69, 9.17) is 5.11 Å². The first-order valence-electron chi connectivity index (χ1n) is 7.06. The largest absolute Gasteiger partial charge is 0.478 e. The molecule has 0 aromatic heterocycles. The van der Waals surface area contributed by atoms with Crippen molar-refractivity contribution in [2.45, 2.75) is 26.2 Å². The molecule has 0 aliphatic carbocycles. The van der Waals surface area contributed by atoms with Crippen LogP contribution in [0.25, 0.3) is 0 Å². The summed E-state index contributed by atoms with van der Waals surface area (Å²) in [7, 11) is 0. The van der Waals surface area contributed by atoms with Crippen molar-refractivity contribution in [1.29, 1.82) is 0 Å². The van der Waals surface area contributed by atoms with Gasteiger partial charge < -0.3 is 15.3 Å². The number of amides is 2. The number of aromatic carboxylic acids is 1. The van der Waals surface area contributed by atoms with Crippen LogP contribution in [0.2, 0.25) is 0 Å². The molecule has 1 atom stereocenters. The molecule has 1 aliphatic rings. The minimum Gasteiger partial charge on any atom is -0.478 e. The number of benzene rings is 1. The first kappa shape index (κ1) is 15.3. The molecular formula is C15H19FN2O3. The van der Waals surface area contributed by atoms with Gasteiger partial charge in [0.2, 0.25) is 0 Å². The molecule has 2 rings (SSSR count). The quantitative estimate of drug-likeness (QED) is 0.880. The van der Waals surface area contributed by atoms with Crippen molar-refractivity contribution >= 4 is 17.7 Å². The molecule has 0 bridgehead atoms. The van der Waals surface area contributed by atoms with Crippen LogP contribution in [0.15, 0.2) is 18.2 Å². The van der Waals surface area contributed by atoms with Crippen molar-refractivity contribution in [3.8, 4) is 0 Å². The molecule has 0 spiro atoms. The van der Waals surface area contributed by atoms with Crippen molar-refractivity contribution in [1.82, 2.24) is 4.90 Å². The predicted molar refractivity (Wildman–Crippen MR) is 77.0 cm³/mol. The van der Waals surface area contributed by atoms with Gasteiger partial charge in [0.1, 0.15) is 11.4 Å². The number of halogens is 1. The van der Waals surface area contributed by atoms with Crippen LogP contribution in [0, 0.1) is 11.7 Å². The number of urea groups is 1. The van der Waals surface area contributed by atoms with Gasteiger partial charge in [0.15, 0.2) is 0 Å². The Bertz CT molecular complexity index is 548. The number of nitrogens with zero attached hydrogens (tertiary/aromatic N) is 1. The lowest BCUT2D eigenvalue weighted by molar-refractivity contribution is 0.0693. The van der Waals surface area contributed by atoms with E-state index in [2.05, 4.69) is 12.2 Å². The normalized spacial score (nSPS) is 19.0. The minimum atomic E-state index is -1.40. The van der Waals surface area contributed by atoms with E-state index in [0.29, 0.717) is 19.0 Å². The molecule has 0 radical (unpaired) electrons. The summed E-state index contributed by atoms with van der Waals surface area (Å²) in [6, 6.07) is 3.46. The molecule has 1 unspecified atom stereocenters. The van der Waals surface area contributed by atoms with Crippen LogP contribution in [0.4, 0.5) is 14.9 Å². The predicted octanol–water partition coefficient (Wildman–Crippen LogP) is 3.18. The Balaban J connectivity index is 2.12. The molecule has 1 aliphatic heterocycles. The zero-order valence-electron chi connectivity index (χ0n) is 11.9. The average molecular weight is 294 g/mol. The van der Waals surface area contributed by atoms with Gasteiger partial charge in [-0.2, -0.15) is 0 Å². The van der Waals surface area contributed by atoms with Crippen LogP contribution in [0.5, 0.6) is 0 Å². The standard InChI is InChI=1S/C15H19FN2O3/c1-10-4-3-8-18(9-7-10)15(21)17-12-6-2-5-11(16)13(12)14(19)20/h2,5-6,10H,3-4,7-9H2,1H3,(H,17,21)(H,19,20). The molecule has 1 saturated heterocycles. The Labute approximate surface area is 122 Å². The Kier molecular flexibility index (Phi) is 4.77. The molecule has 1 aromatic carbocycles. The summed E-state index contributed by atoms with van der Waals surface area (Å²) < 4.78 is 13.6. The topological polar surface area (TPSA) is 69.6 Å². The maximum absolute atomic E-state index is 13.6. The summed E-state index contributed by atoms with van der Waals surface area (Å²) in [5.74, 6) is -1.68. The second-order valence-electron chi connectivity index (χ2n) is 5.42. The van der Waals surface area contributed by atoms with E-state index < -0.39 is 17.3 Å². The molecule has 1 fully saturated rings. The first-order valence-corrected chi connectivity index (χ1v) is 7.06. The van der Waals surface area contributed by atoms with Gasteiger partial charge in [0.05, 0.1) is 5.69 Å². The number of hydrogen-bond donors (Lipinski definition) is 2. The molecule has 0 saturated carbocycles. The number of carboxylic acid groups (broad SMARTS) is 1. The molecule has 21 heavy (non-hydrogen) atoms. The molecule has 2 N–H and O–H groups in total. The van der Waals surface area contributed by atoms with Gasteiger partial charge in [-0.1, -0.05) is 13.0 Å². The number of hydrogen-bond acceptors (Lipinski definition) is 2. The fourth-order valence-electron chi connectivity index (χ4n) is 2.51. The van der Waals surface area contributed by atoms with E-state index in [0.717, 1.165) is 25.3 Å². The van der Waals surface area contributed by atoms with Crippen molar-refractivity contribution in [3.05, 3.63) is 29.6 Å². The molecule has 2 amide bonds. The Hall–Kier alpha value is -2.11. The number of anilines is 1. The van der Waals surface area contributed by atoms with Gasteiger partial charge in [0.25, 0.3) is 0 Å². The summed E-state index contributed by atoms with van der Waals surface area (Å²) in [4.78, 5) is 25.0. The molecular weight excluding hydrogens is 275 g/mol. The molecule has 1 aromatic rings. The third-order valence-electron chi connectivity index (χ3n) is 3.77. The Morgan fingerprint density at radius 1 is 1.33 bits per heavy atom. The number of nitrogens with one attached hydrogen (secondary N) is 1. The maximum Gasteiger partial charge on any atom is 0.340 e.